The van der Waals surface area contributed by atoms with Crippen LogP contribution in [-0.4, -0.2) is 44.8 Å². The molecular formula is C12H14F3N3O5S. The number of nitrogens with one attached hydrogen (secondary N) is 3. The van der Waals surface area contributed by atoms with E-state index in [4.69, 9.17) is 5.11 Å². The lowest BCUT2D eigenvalue weighted by atomic mass is 10.3. The summed E-state index contributed by atoms with van der Waals surface area (Å²) in [6, 6.07) is 3.69. The van der Waals surface area contributed by atoms with Gasteiger partial charge >= 0.3 is 18.2 Å². The van der Waals surface area contributed by atoms with Crippen molar-refractivity contribution in [1.82, 2.24) is 10.0 Å². The van der Waals surface area contributed by atoms with Crippen molar-refractivity contribution in [1.29, 1.82) is 0 Å². The third-order valence-electron chi connectivity index (χ3n) is 2.51. The van der Waals surface area contributed by atoms with Crippen LogP contribution in [-0.2, 0) is 14.8 Å². The van der Waals surface area contributed by atoms with E-state index in [1.54, 1.807) is 0 Å². The molecule has 0 saturated carbocycles. The number of carboxylic acid groups (broad SMARTS) is 1. The molecule has 24 heavy (non-hydrogen) atoms. The third kappa shape index (κ3) is 7.28. The fourth-order valence-corrected chi connectivity index (χ4v) is 2.45. The maximum absolute atomic E-state index is 12.0. The normalized spacial score (nSPS) is 11.8. The van der Waals surface area contributed by atoms with Crippen LogP contribution in [0.1, 0.15) is 6.42 Å². The average Bonchev–Trinajstić information content (AvgIpc) is 2.45. The molecule has 0 aliphatic rings. The van der Waals surface area contributed by atoms with E-state index in [2.05, 4.69) is 10.6 Å². The monoisotopic (exact) mass is 369 g/mol. The van der Waals surface area contributed by atoms with Gasteiger partial charge in [-0.25, -0.2) is 17.9 Å². The molecule has 0 fully saturated rings. The number of anilines is 1. The second kappa shape index (κ2) is 7.97. The average molecular weight is 369 g/mol. The highest BCUT2D eigenvalue weighted by atomic mass is 32.2. The van der Waals surface area contributed by atoms with Gasteiger partial charge < -0.3 is 15.7 Å². The molecule has 1 aromatic rings. The van der Waals surface area contributed by atoms with Crippen LogP contribution in [0.2, 0.25) is 0 Å². The number of hydrogen-bond donors (Lipinski definition) is 4. The quantitative estimate of drug-likeness (QED) is 0.573. The van der Waals surface area contributed by atoms with Gasteiger partial charge in [0.05, 0.1) is 11.3 Å². The second-order valence-corrected chi connectivity index (χ2v) is 6.26. The van der Waals surface area contributed by atoms with Crippen LogP contribution in [0.25, 0.3) is 0 Å². The van der Waals surface area contributed by atoms with Crippen LogP contribution >= 0.6 is 0 Å². The Kier molecular flexibility index (Phi) is 6.54. The number of carbonyl (C=O) groups excluding carboxylic acids is 1. The molecule has 0 spiro atoms. The van der Waals surface area contributed by atoms with Gasteiger partial charge in [-0.3, -0.25) is 4.79 Å². The van der Waals surface area contributed by atoms with Crippen LogP contribution in [0.15, 0.2) is 29.2 Å². The zero-order valence-electron chi connectivity index (χ0n) is 12.1. The maximum atomic E-state index is 12.0. The summed E-state index contributed by atoms with van der Waals surface area (Å²) in [7, 11) is -4.33. The van der Waals surface area contributed by atoms with Crippen molar-refractivity contribution in [2.24, 2.45) is 0 Å². The molecule has 0 unspecified atom stereocenters. The molecule has 1 aromatic carbocycles. The van der Waals surface area contributed by atoms with E-state index in [1.165, 1.54) is 16.9 Å². The molecule has 8 nitrogen and oxygen atoms in total. The lowest BCUT2D eigenvalue weighted by Crippen LogP contribution is -2.33. The number of amides is 2. The van der Waals surface area contributed by atoms with E-state index >= 15 is 0 Å². The Hall–Kier alpha value is -2.34. The molecule has 134 valence electrons. The summed E-state index contributed by atoms with van der Waals surface area (Å²) < 4.78 is 60.8. The molecule has 0 aromatic heterocycles. The van der Waals surface area contributed by atoms with E-state index in [0.29, 0.717) is 0 Å². The van der Waals surface area contributed by atoms with Crippen molar-refractivity contribution >= 4 is 27.7 Å². The number of sulfonamides is 1. The van der Waals surface area contributed by atoms with Crippen LogP contribution in [0, 0.1) is 0 Å². The summed E-state index contributed by atoms with van der Waals surface area (Å²) in [6.07, 6.45) is -4.95. The number of aliphatic carboxylic acids is 1. The predicted molar refractivity (Wildman–Crippen MR) is 77.0 cm³/mol. The third-order valence-corrected chi connectivity index (χ3v) is 3.93. The van der Waals surface area contributed by atoms with Gasteiger partial charge in [-0.05, 0) is 24.3 Å². The van der Waals surface area contributed by atoms with E-state index in [9.17, 15) is 31.2 Å². The molecular weight excluding hydrogens is 355 g/mol. The van der Waals surface area contributed by atoms with Crippen LogP contribution in [0.5, 0.6) is 0 Å². The SMILES string of the molecule is O=C(O)CCNC(=O)Nc1ccc(S(=O)(=O)NCC(F)(F)F)cc1. The topological polar surface area (TPSA) is 125 Å². The predicted octanol–water partition coefficient (Wildman–Crippen LogP) is 1.12. The lowest BCUT2D eigenvalue weighted by Gasteiger charge is -2.10. The number of rotatable bonds is 7. The highest BCUT2D eigenvalue weighted by Crippen LogP contribution is 2.17. The summed E-state index contributed by atoms with van der Waals surface area (Å²) in [4.78, 5) is 21.3. The first-order chi connectivity index (χ1) is 11.0. The molecule has 4 N–H and O–H groups in total. The number of benzene rings is 1. The first-order valence-electron chi connectivity index (χ1n) is 6.43. The summed E-state index contributed by atoms with van der Waals surface area (Å²) >= 11 is 0. The molecule has 0 radical (unpaired) electrons. The van der Waals surface area contributed by atoms with Crippen molar-refractivity contribution in [2.75, 3.05) is 18.4 Å². The van der Waals surface area contributed by atoms with Crippen molar-refractivity contribution in [2.45, 2.75) is 17.5 Å². The zero-order valence-corrected chi connectivity index (χ0v) is 12.9. The first-order valence-corrected chi connectivity index (χ1v) is 7.91. The van der Waals surface area contributed by atoms with Crippen LogP contribution < -0.4 is 15.4 Å². The first kappa shape index (κ1) is 19.7. The minimum Gasteiger partial charge on any atom is -0.481 e. The Morgan fingerprint density at radius 3 is 2.21 bits per heavy atom. The number of halogens is 3. The smallest absolute Gasteiger partial charge is 0.402 e. The molecule has 1 rings (SSSR count). The molecule has 0 saturated heterocycles. The summed E-state index contributed by atoms with van der Waals surface area (Å²) in [5.74, 6) is -1.09. The highest BCUT2D eigenvalue weighted by molar-refractivity contribution is 7.89. The van der Waals surface area contributed by atoms with Crippen molar-refractivity contribution in [3.05, 3.63) is 24.3 Å². The van der Waals surface area contributed by atoms with E-state index in [-0.39, 0.29) is 18.7 Å². The van der Waals surface area contributed by atoms with Gasteiger partial charge in [0.1, 0.15) is 6.54 Å². The minimum atomic E-state index is -4.68. The summed E-state index contributed by atoms with van der Waals surface area (Å²) in [6.45, 7) is -1.80. The van der Waals surface area contributed by atoms with Gasteiger partial charge in [-0.15, -0.1) is 0 Å². The second-order valence-electron chi connectivity index (χ2n) is 4.49. The van der Waals surface area contributed by atoms with Crippen molar-refractivity contribution in [3.63, 3.8) is 0 Å². The van der Waals surface area contributed by atoms with Gasteiger partial charge in [-0.1, -0.05) is 0 Å². The van der Waals surface area contributed by atoms with E-state index in [1.807, 2.05) is 0 Å². The Labute approximate surface area is 135 Å². The van der Waals surface area contributed by atoms with E-state index in [0.717, 1.165) is 12.1 Å². The van der Waals surface area contributed by atoms with Crippen LogP contribution in [0.4, 0.5) is 23.7 Å². The minimum absolute atomic E-state index is 0.102. The number of alkyl halides is 3. The molecule has 0 atom stereocenters. The summed E-state index contributed by atoms with van der Waals surface area (Å²) in [5, 5.41) is 13.0. The Balaban J connectivity index is 2.62. The Bertz CT molecular complexity index is 689. The molecule has 0 bridgehead atoms. The van der Waals surface area contributed by atoms with Gasteiger partial charge in [0, 0.05) is 12.2 Å². The van der Waals surface area contributed by atoms with Gasteiger partial charge in [0.2, 0.25) is 10.0 Å². The molecule has 12 heteroatoms. The molecule has 0 aliphatic heterocycles. The van der Waals surface area contributed by atoms with Crippen molar-refractivity contribution in [3.8, 4) is 0 Å². The number of carboxylic acids is 1. The zero-order chi connectivity index (χ0) is 18.4. The van der Waals surface area contributed by atoms with Gasteiger partial charge in [0.15, 0.2) is 0 Å². The summed E-state index contributed by atoms with van der Waals surface area (Å²) in [5.41, 5.74) is 0.178. The number of urea groups is 1. The maximum Gasteiger partial charge on any atom is 0.402 e. The fourth-order valence-electron chi connectivity index (χ4n) is 1.44. The van der Waals surface area contributed by atoms with Gasteiger partial charge in [0.25, 0.3) is 0 Å². The largest absolute Gasteiger partial charge is 0.481 e. The fraction of sp³-hybridized carbons (Fsp3) is 0.333. The molecule has 0 aliphatic carbocycles. The lowest BCUT2D eigenvalue weighted by molar-refractivity contribution is -0.136. The standard InChI is InChI=1S/C12H14F3N3O5S/c13-12(14,15)7-17-24(22,23)9-3-1-8(2-4-9)18-11(21)16-6-5-10(19)20/h1-4,17H,5-7H2,(H,19,20)(H2,16,18,21). The highest BCUT2D eigenvalue weighted by Gasteiger charge is 2.30. The van der Waals surface area contributed by atoms with Crippen LogP contribution in [0.3, 0.4) is 0 Å². The van der Waals surface area contributed by atoms with E-state index < -0.39 is 39.6 Å². The number of carbonyl (C=O) groups is 2. The molecule has 0 heterocycles. The van der Waals surface area contributed by atoms with Crippen molar-refractivity contribution < 1.29 is 36.3 Å². The van der Waals surface area contributed by atoms with Gasteiger partial charge in [-0.2, -0.15) is 13.2 Å². The number of hydrogen-bond acceptors (Lipinski definition) is 4. The molecule has 2 amide bonds. The Morgan fingerprint density at radius 2 is 1.71 bits per heavy atom. The Morgan fingerprint density at radius 1 is 1.12 bits per heavy atom.